The number of hydrogen-bond acceptors (Lipinski definition) is 5. The van der Waals surface area contributed by atoms with Crippen LogP contribution in [0.2, 0.25) is 0 Å². The van der Waals surface area contributed by atoms with Crippen LogP contribution in [0.15, 0.2) is 43.9 Å². The van der Waals surface area contributed by atoms with Crippen molar-refractivity contribution in [2.45, 2.75) is 17.5 Å². The molecule has 0 fully saturated rings. The molecule has 0 saturated heterocycles. The molecule has 1 aromatic carbocycles. The minimum absolute atomic E-state index is 0.175. The molecule has 0 bridgehead atoms. The Morgan fingerprint density at radius 3 is 2.62 bits per heavy atom. The van der Waals surface area contributed by atoms with Gasteiger partial charge in [-0.3, -0.25) is 9.36 Å². The van der Waals surface area contributed by atoms with E-state index in [2.05, 4.69) is 5.16 Å². The molecule has 3 rings (SSSR count). The van der Waals surface area contributed by atoms with Gasteiger partial charge in [-0.25, -0.2) is 9.36 Å². The van der Waals surface area contributed by atoms with Gasteiger partial charge in [-0.1, -0.05) is 5.16 Å². The molecule has 0 aliphatic carbocycles. The number of oxime groups is 1. The molecule has 0 radical (unpaired) electrons. The van der Waals surface area contributed by atoms with Crippen LogP contribution in [-0.2, 0) is 18.1 Å². The van der Waals surface area contributed by atoms with Crippen molar-refractivity contribution in [1.29, 1.82) is 0 Å². The van der Waals surface area contributed by atoms with E-state index in [1.54, 1.807) is 23.9 Å². The van der Waals surface area contributed by atoms with Gasteiger partial charge in [0, 0.05) is 35.7 Å². The zero-order valence-corrected chi connectivity index (χ0v) is 14.6. The summed E-state index contributed by atoms with van der Waals surface area (Å²) in [5, 5.41) is 3.95. The van der Waals surface area contributed by atoms with Crippen molar-refractivity contribution in [3.05, 3.63) is 56.4 Å². The Morgan fingerprint density at radius 1 is 1.23 bits per heavy atom. The molecule has 0 spiro atoms. The first-order valence-electron chi connectivity index (χ1n) is 7.52. The summed E-state index contributed by atoms with van der Waals surface area (Å²) in [6.45, 7) is 0. The van der Waals surface area contributed by atoms with E-state index in [1.807, 2.05) is 0 Å². The zero-order valence-electron chi connectivity index (χ0n) is 13.8. The van der Waals surface area contributed by atoms with Gasteiger partial charge in [-0.05, 0) is 18.2 Å². The van der Waals surface area contributed by atoms with Crippen LogP contribution in [0.5, 0.6) is 0 Å². The fraction of sp³-hybridized carbons (Fsp3) is 0.312. The largest absolute Gasteiger partial charge is 0.431 e. The first-order chi connectivity index (χ1) is 12.2. The van der Waals surface area contributed by atoms with Crippen molar-refractivity contribution < 1.29 is 18.0 Å². The van der Waals surface area contributed by atoms with Crippen LogP contribution >= 0.6 is 11.8 Å². The van der Waals surface area contributed by atoms with Crippen molar-refractivity contribution in [3.63, 3.8) is 0 Å². The predicted molar refractivity (Wildman–Crippen MR) is 91.2 cm³/mol. The minimum Gasteiger partial charge on any atom is -0.399 e. The van der Waals surface area contributed by atoms with Crippen LogP contribution in [-0.4, -0.2) is 27.7 Å². The highest BCUT2D eigenvalue weighted by Gasteiger charge is 2.35. The second-order valence-corrected chi connectivity index (χ2v) is 6.68. The first-order valence-corrected chi connectivity index (χ1v) is 8.50. The van der Waals surface area contributed by atoms with Gasteiger partial charge in [0.05, 0.1) is 11.4 Å². The Kier molecular flexibility index (Phi) is 4.70. The average molecular weight is 385 g/mol. The van der Waals surface area contributed by atoms with E-state index in [0.29, 0.717) is 32.9 Å². The fourth-order valence-corrected chi connectivity index (χ4v) is 3.75. The summed E-state index contributed by atoms with van der Waals surface area (Å²) in [5.41, 5.74) is -1.89. The third-order valence-electron chi connectivity index (χ3n) is 3.94. The lowest BCUT2D eigenvalue weighted by molar-refractivity contribution is -0.144. The predicted octanol–water partition coefficient (Wildman–Crippen LogP) is 2.40. The van der Waals surface area contributed by atoms with E-state index in [1.165, 1.54) is 13.2 Å². The van der Waals surface area contributed by atoms with Crippen molar-refractivity contribution in [3.8, 4) is 5.69 Å². The number of hydrogen-bond donors (Lipinski definition) is 0. The number of halogens is 3. The molecular formula is C16H14F3N3O3S. The van der Waals surface area contributed by atoms with E-state index in [9.17, 15) is 22.8 Å². The van der Waals surface area contributed by atoms with E-state index >= 15 is 0 Å². The summed E-state index contributed by atoms with van der Waals surface area (Å²) in [4.78, 5) is 30.3. The molecule has 1 aliphatic rings. The number of alkyl halides is 3. The van der Waals surface area contributed by atoms with E-state index < -0.39 is 23.1 Å². The fourth-order valence-electron chi connectivity index (χ4n) is 2.74. The maximum Gasteiger partial charge on any atom is 0.431 e. The number of benzene rings is 1. The summed E-state index contributed by atoms with van der Waals surface area (Å²) in [6.07, 6.45) is -4.16. The number of aromatic nitrogens is 2. The first kappa shape index (κ1) is 18.3. The second kappa shape index (κ2) is 6.67. The van der Waals surface area contributed by atoms with E-state index in [0.717, 1.165) is 17.7 Å². The standard InChI is InChI=1S/C16H14F3N3O3S/c1-21-13(16(17,18)19)8-14(23)22(15(21)24)9-3-4-12-10(7-9)11(20-25-2)5-6-26-12/h3-4,7-8H,5-6H2,1-2H3. The molecule has 2 heterocycles. The molecule has 0 N–H and O–H groups in total. The molecule has 10 heteroatoms. The molecule has 138 valence electrons. The van der Waals surface area contributed by atoms with E-state index in [-0.39, 0.29) is 5.69 Å². The van der Waals surface area contributed by atoms with Gasteiger partial charge in [-0.15, -0.1) is 11.8 Å². The quantitative estimate of drug-likeness (QED) is 0.745. The average Bonchev–Trinajstić information content (AvgIpc) is 2.58. The minimum atomic E-state index is -4.79. The molecule has 0 saturated carbocycles. The van der Waals surface area contributed by atoms with Crippen LogP contribution < -0.4 is 11.2 Å². The maximum absolute atomic E-state index is 13.0. The smallest absolute Gasteiger partial charge is 0.399 e. The highest BCUT2D eigenvalue weighted by molar-refractivity contribution is 7.99. The van der Waals surface area contributed by atoms with Gasteiger partial charge in [0.25, 0.3) is 5.56 Å². The molecule has 0 atom stereocenters. The molecule has 26 heavy (non-hydrogen) atoms. The van der Waals surface area contributed by atoms with Gasteiger partial charge in [0.15, 0.2) is 0 Å². The molecular weight excluding hydrogens is 371 g/mol. The van der Waals surface area contributed by atoms with Crippen LogP contribution in [0.1, 0.15) is 17.7 Å². The summed E-state index contributed by atoms with van der Waals surface area (Å²) >= 11 is 1.58. The Bertz CT molecular complexity index is 1010. The van der Waals surface area contributed by atoms with Crippen molar-refractivity contribution in [2.75, 3.05) is 12.9 Å². The van der Waals surface area contributed by atoms with Crippen LogP contribution in [0.4, 0.5) is 13.2 Å². The van der Waals surface area contributed by atoms with Gasteiger partial charge < -0.3 is 4.84 Å². The van der Waals surface area contributed by atoms with Crippen molar-refractivity contribution >= 4 is 17.5 Å². The Balaban J connectivity index is 2.22. The van der Waals surface area contributed by atoms with Gasteiger partial charge in [0.1, 0.15) is 12.8 Å². The van der Waals surface area contributed by atoms with Crippen LogP contribution in [0.25, 0.3) is 5.69 Å². The lowest BCUT2D eigenvalue weighted by Crippen LogP contribution is -2.40. The summed E-state index contributed by atoms with van der Waals surface area (Å²) in [6, 6.07) is 5.22. The van der Waals surface area contributed by atoms with E-state index in [4.69, 9.17) is 4.84 Å². The third kappa shape index (κ3) is 3.16. The molecule has 0 amide bonds. The molecule has 1 aliphatic heterocycles. The molecule has 1 aromatic heterocycles. The maximum atomic E-state index is 13.0. The number of nitrogens with zero attached hydrogens (tertiary/aromatic N) is 3. The van der Waals surface area contributed by atoms with Crippen LogP contribution in [0.3, 0.4) is 0 Å². The molecule has 6 nitrogen and oxygen atoms in total. The number of rotatable bonds is 2. The monoisotopic (exact) mass is 385 g/mol. The lowest BCUT2D eigenvalue weighted by Gasteiger charge is -2.19. The summed E-state index contributed by atoms with van der Waals surface area (Å²) in [7, 11) is 2.39. The normalized spacial score (nSPS) is 15.8. The van der Waals surface area contributed by atoms with Crippen molar-refractivity contribution in [1.82, 2.24) is 9.13 Å². The Hall–Kier alpha value is -2.49. The molecule has 2 aromatic rings. The topological polar surface area (TPSA) is 65.6 Å². The Morgan fingerprint density at radius 2 is 1.96 bits per heavy atom. The third-order valence-corrected chi connectivity index (χ3v) is 5.02. The second-order valence-electron chi connectivity index (χ2n) is 5.54. The van der Waals surface area contributed by atoms with Crippen LogP contribution in [0, 0.1) is 0 Å². The highest BCUT2D eigenvalue weighted by Crippen LogP contribution is 2.32. The molecule has 0 unspecified atom stereocenters. The summed E-state index contributed by atoms with van der Waals surface area (Å²) < 4.78 is 40.0. The SMILES string of the molecule is CON=C1CCSc2ccc(-n3c(=O)cc(C(F)(F)F)n(C)c3=O)cc21. The lowest BCUT2D eigenvalue weighted by atomic mass is 10.1. The van der Waals surface area contributed by atoms with Gasteiger partial charge >= 0.3 is 11.9 Å². The number of thioether (sulfide) groups is 1. The van der Waals surface area contributed by atoms with Gasteiger partial charge in [-0.2, -0.15) is 13.2 Å². The van der Waals surface area contributed by atoms with Gasteiger partial charge in [0.2, 0.25) is 0 Å². The van der Waals surface area contributed by atoms with Crippen molar-refractivity contribution in [2.24, 2.45) is 12.2 Å². The Labute approximate surface area is 149 Å². The number of fused-ring (bicyclic) bond motifs is 1. The zero-order chi connectivity index (χ0) is 19.1. The summed E-state index contributed by atoms with van der Waals surface area (Å²) in [5.74, 6) is 0.802. The highest BCUT2D eigenvalue weighted by atomic mass is 32.2.